The number of aromatic nitrogens is 4. The van der Waals surface area contributed by atoms with Crippen LogP contribution in [0.5, 0.6) is 0 Å². The van der Waals surface area contributed by atoms with Gasteiger partial charge in [0.1, 0.15) is 0 Å². The number of nitrogens with zero attached hydrogens (tertiary/aromatic N) is 2. The maximum atomic E-state index is 14.2. The normalized spacial score (nSPS) is 15.2. The maximum absolute atomic E-state index is 14.2. The second-order valence-electron chi connectivity index (χ2n) is 27.7. The molecule has 0 spiro atoms. The van der Waals surface area contributed by atoms with E-state index >= 15 is 0 Å². The van der Waals surface area contributed by atoms with Crippen molar-refractivity contribution in [3.05, 3.63) is 260 Å². The molecule has 8 bridgehead atoms. The van der Waals surface area contributed by atoms with Crippen molar-refractivity contribution in [3.8, 4) is 22.3 Å². The number of unbranched alkanes of at least 4 members (excludes halogenated alkanes) is 4. The molecule has 498 valence electrons. The summed E-state index contributed by atoms with van der Waals surface area (Å²) in [6.45, 7) is 33.8. The van der Waals surface area contributed by atoms with Crippen molar-refractivity contribution in [2.24, 2.45) is 5.41 Å². The largest absolute Gasteiger partial charge is 0.354 e. The van der Waals surface area contributed by atoms with Crippen LogP contribution in [0.1, 0.15) is 234 Å². The minimum Gasteiger partial charge on any atom is -0.354 e. The second-order valence-corrected chi connectivity index (χ2v) is 27.7. The lowest BCUT2D eigenvalue weighted by Gasteiger charge is -2.32. The van der Waals surface area contributed by atoms with Gasteiger partial charge in [0.25, 0.3) is 5.91 Å². The van der Waals surface area contributed by atoms with Gasteiger partial charge < -0.3 is 15.3 Å². The summed E-state index contributed by atoms with van der Waals surface area (Å²) in [5, 5.41) is 3.19. The average molecular weight is 1270 g/mol. The summed E-state index contributed by atoms with van der Waals surface area (Å²) in [4.78, 5) is 33.9. The Balaban J connectivity index is 0.981. The van der Waals surface area contributed by atoms with E-state index in [4.69, 9.17) is 9.97 Å². The minimum atomic E-state index is -0.162. The second kappa shape index (κ2) is 33.7. The van der Waals surface area contributed by atoms with Crippen LogP contribution in [0.3, 0.4) is 0 Å². The van der Waals surface area contributed by atoms with Crippen molar-refractivity contribution < 1.29 is 4.79 Å². The summed E-state index contributed by atoms with van der Waals surface area (Å²) in [7, 11) is 0. The molecule has 3 aromatic carbocycles. The molecule has 0 atom stereocenters. The number of H-pyrrole nitrogens is 2. The fourth-order valence-corrected chi connectivity index (χ4v) is 13.8. The summed E-state index contributed by atoms with van der Waals surface area (Å²) in [5.74, 6) is -0.162. The van der Waals surface area contributed by atoms with Crippen molar-refractivity contribution in [3.63, 3.8) is 0 Å². The Morgan fingerprint density at radius 3 is 1.46 bits per heavy atom. The van der Waals surface area contributed by atoms with Crippen LogP contribution in [0, 0.1) is 19.3 Å². The zero-order valence-electron chi connectivity index (χ0n) is 60.7. The SMILES string of the molecule is CCCCC1=C(C)c2nc1cc1[nH]c(c(C)c1CCCC)c(-c1ccccc1)c1nc(cc3[nH]c(c(C)c3CCCC)c2-c2ccc(C(=O)Nc3ccc(/C=C/C(C)=C/C=C/C(C)=C/C=C/C=C(C)/C=C/C=C(C)/C=C/C4=C(C)CCCC4(C)C)cc3)cc2)C(CCCC)=C1C. The van der Waals surface area contributed by atoms with Gasteiger partial charge in [-0.25, -0.2) is 9.97 Å². The Kier molecular flexibility index (Phi) is 25.1. The number of nitrogens with one attached hydrogen (secondary N) is 3. The van der Waals surface area contributed by atoms with Crippen molar-refractivity contribution in [1.82, 2.24) is 19.9 Å². The quantitative estimate of drug-likeness (QED) is 0.0473. The van der Waals surface area contributed by atoms with E-state index in [1.807, 2.05) is 36.4 Å². The van der Waals surface area contributed by atoms with Gasteiger partial charge in [0.2, 0.25) is 0 Å². The minimum absolute atomic E-state index is 0.162. The Morgan fingerprint density at radius 2 is 0.979 bits per heavy atom. The number of carbonyl (C=O) groups excluding carboxylic acids is 1. The zero-order valence-corrected chi connectivity index (χ0v) is 60.7. The summed E-state index contributed by atoms with van der Waals surface area (Å²) in [6.07, 6.45) is 46.2. The van der Waals surface area contributed by atoms with Gasteiger partial charge in [0, 0.05) is 33.4 Å². The lowest BCUT2D eigenvalue weighted by atomic mass is 9.72. The van der Waals surface area contributed by atoms with Crippen molar-refractivity contribution in [2.75, 3.05) is 5.32 Å². The predicted octanol–water partition coefficient (Wildman–Crippen LogP) is 26.0. The highest BCUT2D eigenvalue weighted by molar-refractivity contribution is 6.06. The van der Waals surface area contributed by atoms with Crippen LogP contribution in [0.2, 0.25) is 0 Å². The summed E-state index contributed by atoms with van der Waals surface area (Å²) < 4.78 is 0. The molecule has 96 heavy (non-hydrogen) atoms. The lowest BCUT2D eigenvalue weighted by molar-refractivity contribution is 0.102. The van der Waals surface area contributed by atoms with Crippen LogP contribution in [-0.2, 0) is 12.8 Å². The number of carbonyl (C=O) groups is 1. The van der Waals surface area contributed by atoms with E-state index in [-0.39, 0.29) is 11.3 Å². The molecule has 0 saturated heterocycles. The van der Waals surface area contributed by atoms with Crippen molar-refractivity contribution >= 4 is 62.0 Å². The van der Waals surface area contributed by atoms with Crippen LogP contribution in [0.25, 0.3) is 72.7 Å². The maximum Gasteiger partial charge on any atom is 0.255 e. The molecule has 2 aliphatic heterocycles. The Morgan fingerprint density at radius 1 is 0.531 bits per heavy atom. The van der Waals surface area contributed by atoms with E-state index in [0.717, 1.165) is 167 Å². The molecule has 0 radical (unpaired) electrons. The molecular formula is C90H107N5O. The van der Waals surface area contributed by atoms with Gasteiger partial charge in [-0.1, -0.05) is 235 Å². The van der Waals surface area contributed by atoms with Gasteiger partial charge in [-0.3, -0.25) is 4.79 Å². The molecule has 9 rings (SSSR count). The van der Waals surface area contributed by atoms with Crippen molar-refractivity contribution in [1.29, 1.82) is 0 Å². The number of aryl methyl sites for hydroxylation is 4. The number of fused-ring (bicyclic) bond motifs is 8. The number of amides is 1. The predicted molar refractivity (Wildman–Crippen MR) is 418 cm³/mol. The topological polar surface area (TPSA) is 86.5 Å². The third kappa shape index (κ3) is 17.6. The smallest absolute Gasteiger partial charge is 0.255 e. The van der Waals surface area contributed by atoms with E-state index in [1.54, 1.807) is 0 Å². The molecule has 1 aliphatic carbocycles. The molecule has 0 fully saturated rings. The number of aromatic amines is 2. The Hall–Kier alpha value is -8.87. The van der Waals surface area contributed by atoms with Crippen LogP contribution in [0.4, 0.5) is 5.69 Å². The van der Waals surface area contributed by atoms with E-state index in [1.165, 1.54) is 86.1 Å². The van der Waals surface area contributed by atoms with E-state index in [0.29, 0.717) is 5.56 Å². The third-order valence-corrected chi connectivity index (χ3v) is 19.7. The van der Waals surface area contributed by atoms with Gasteiger partial charge in [-0.05, 0) is 242 Å². The highest BCUT2D eigenvalue weighted by Crippen LogP contribution is 2.45. The summed E-state index contributed by atoms with van der Waals surface area (Å²) in [5.41, 5.74) is 33.4. The Labute approximate surface area is 576 Å². The number of allylic oxidation sites excluding steroid dienone is 23. The van der Waals surface area contributed by atoms with E-state index in [9.17, 15) is 4.79 Å². The van der Waals surface area contributed by atoms with Crippen LogP contribution in [-0.4, -0.2) is 25.8 Å². The first-order chi connectivity index (χ1) is 46.3. The monoisotopic (exact) mass is 1270 g/mol. The van der Waals surface area contributed by atoms with Gasteiger partial charge in [-0.15, -0.1) is 0 Å². The fourth-order valence-electron chi connectivity index (χ4n) is 13.8. The number of rotatable bonds is 26. The van der Waals surface area contributed by atoms with Gasteiger partial charge in [-0.2, -0.15) is 0 Å². The molecular weight excluding hydrogens is 1170 g/mol. The molecule has 0 saturated carbocycles. The first-order valence-electron chi connectivity index (χ1n) is 35.9. The molecule has 3 N–H and O–H groups in total. The van der Waals surface area contributed by atoms with E-state index in [2.05, 4.69) is 259 Å². The molecule has 3 aliphatic rings. The van der Waals surface area contributed by atoms with Crippen LogP contribution < -0.4 is 5.32 Å². The molecule has 6 heteroatoms. The molecule has 0 unspecified atom stereocenters. The number of benzene rings is 3. The standard InChI is InChI=1S/C90H107N5O/c1-16-20-41-74-65(10)85-83(70-39-25-24-26-40-70)86-66(11)75(42-21-17-2)80(93-86)59-82-77(44-23-19-4)68(13)88(95-82)84(87-67(12)76(43-22-18-3)81(94-87)58-79(74)92-85)71-50-52-72(53-51-71)89(96)91-73-54-48-69(49-55-73)47-45-62(7)36-29-34-60(5)32-27-28-33-61(6)35-30-37-63(8)46-56-78-64(9)38-31-57-90(78,14)15/h24-30,32-37,39-40,45-56,58-59,92,95H,16-23,31,38,41-44,57H2,1-15H3,(H,91,96)/b28-27+,34-29+,35-30+,47-45+,56-46+,60-32+,61-33+,62-36+,63-37+,79-58?,80-59?,81-58?,82-59?,85-83?,86-83?,87-84?,88-84?. The molecule has 1 amide bonds. The van der Waals surface area contributed by atoms with Crippen LogP contribution in [0.15, 0.2) is 203 Å². The lowest BCUT2D eigenvalue weighted by Crippen LogP contribution is -2.19. The molecule has 6 aromatic rings. The summed E-state index contributed by atoms with van der Waals surface area (Å²) >= 11 is 0. The van der Waals surface area contributed by atoms with Crippen molar-refractivity contribution in [2.45, 2.75) is 200 Å². The number of hydrogen-bond acceptors (Lipinski definition) is 3. The van der Waals surface area contributed by atoms with Gasteiger partial charge >= 0.3 is 0 Å². The highest BCUT2D eigenvalue weighted by Gasteiger charge is 2.29. The molecule has 6 nitrogen and oxygen atoms in total. The average Bonchev–Trinajstić information content (AvgIpc) is 1.59. The van der Waals surface area contributed by atoms with Gasteiger partial charge in [0.05, 0.1) is 33.8 Å². The number of hydrogen-bond donors (Lipinski definition) is 3. The highest BCUT2D eigenvalue weighted by atomic mass is 16.1. The first-order valence-corrected chi connectivity index (χ1v) is 35.9. The number of anilines is 1. The van der Waals surface area contributed by atoms with Crippen LogP contribution >= 0.6 is 0 Å². The molecule has 3 aromatic heterocycles. The third-order valence-electron chi connectivity index (χ3n) is 19.7. The summed E-state index contributed by atoms with van der Waals surface area (Å²) in [6, 6.07) is 31.8. The first kappa shape index (κ1) is 71.4. The van der Waals surface area contributed by atoms with Gasteiger partial charge in [0.15, 0.2) is 0 Å². The van der Waals surface area contributed by atoms with E-state index < -0.39 is 0 Å². The Bertz CT molecular complexity index is 4370. The molecule has 5 heterocycles. The fraction of sp³-hybridized carbons (Fsp3) is 0.344. The zero-order chi connectivity index (χ0) is 68.5.